The monoisotopic (exact) mass is 355 g/mol. The van der Waals surface area contributed by atoms with E-state index in [1.54, 1.807) is 29.7 Å². The van der Waals surface area contributed by atoms with Crippen LogP contribution in [-0.4, -0.2) is 20.0 Å². The molecule has 0 bridgehead atoms. The number of halogens is 1. The SMILES string of the molecule is O=C1C2=CC=CCC2C(=O)C(NS(=O)(=O)c2cccs2)=C1Cl. The van der Waals surface area contributed by atoms with Crippen molar-refractivity contribution >= 4 is 44.5 Å². The van der Waals surface area contributed by atoms with Crippen molar-refractivity contribution in [1.82, 2.24) is 4.72 Å². The summed E-state index contributed by atoms with van der Waals surface area (Å²) < 4.78 is 26.7. The summed E-state index contributed by atoms with van der Waals surface area (Å²) in [7, 11) is -3.93. The van der Waals surface area contributed by atoms with Crippen molar-refractivity contribution < 1.29 is 18.0 Å². The van der Waals surface area contributed by atoms with E-state index in [9.17, 15) is 18.0 Å². The molecule has 1 aromatic heterocycles. The van der Waals surface area contributed by atoms with Gasteiger partial charge in [0.2, 0.25) is 5.78 Å². The van der Waals surface area contributed by atoms with Crippen LogP contribution in [0.15, 0.2) is 56.3 Å². The molecular formula is C14H10ClNO4S2. The second-order valence-electron chi connectivity index (χ2n) is 4.76. The molecule has 0 radical (unpaired) electrons. The zero-order valence-electron chi connectivity index (χ0n) is 11.1. The van der Waals surface area contributed by atoms with Gasteiger partial charge in [0.1, 0.15) is 14.9 Å². The summed E-state index contributed by atoms with van der Waals surface area (Å²) in [6.45, 7) is 0. The van der Waals surface area contributed by atoms with E-state index >= 15 is 0 Å². The van der Waals surface area contributed by atoms with Gasteiger partial charge in [-0.1, -0.05) is 35.9 Å². The number of allylic oxidation sites excluding steroid dienone is 6. The summed E-state index contributed by atoms with van der Waals surface area (Å²) in [6, 6.07) is 2.99. The Kier molecular flexibility index (Phi) is 3.80. The number of rotatable bonds is 3. The highest BCUT2D eigenvalue weighted by Gasteiger charge is 2.40. The summed E-state index contributed by atoms with van der Waals surface area (Å²) in [6.07, 6.45) is 5.33. The van der Waals surface area contributed by atoms with E-state index in [2.05, 4.69) is 4.72 Å². The second kappa shape index (κ2) is 5.49. The molecule has 1 N–H and O–H groups in total. The van der Waals surface area contributed by atoms with Gasteiger partial charge in [-0.2, -0.15) is 0 Å². The summed E-state index contributed by atoms with van der Waals surface area (Å²) in [5.41, 5.74) is -0.0471. The van der Waals surface area contributed by atoms with Crippen molar-refractivity contribution in [2.24, 2.45) is 5.92 Å². The third kappa shape index (κ3) is 2.45. The maximum Gasteiger partial charge on any atom is 0.271 e. The molecule has 8 heteroatoms. The quantitative estimate of drug-likeness (QED) is 0.900. The van der Waals surface area contributed by atoms with Crippen molar-refractivity contribution in [3.8, 4) is 0 Å². The van der Waals surface area contributed by atoms with E-state index in [4.69, 9.17) is 11.6 Å². The highest BCUT2D eigenvalue weighted by Crippen LogP contribution is 2.34. The fraction of sp³-hybridized carbons (Fsp3) is 0.143. The Morgan fingerprint density at radius 3 is 2.77 bits per heavy atom. The molecule has 0 aliphatic heterocycles. The van der Waals surface area contributed by atoms with Gasteiger partial charge in [-0.3, -0.25) is 14.3 Å². The second-order valence-corrected chi connectivity index (χ2v) is 7.99. The Morgan fingerprint density at radius 1 is 1.32 bits per heavy atom. The largest absolute Gasteiger partial charge is 0.292 e. The maximum atomic E-state index is 12.5. The third-order valence-corrected chi connectivity index (χ3v) is 6.51. The van der Waals surface area contributed by atoms with Gasteiger partial charge < -0.3 is 0 Å². The smallest absolute Gasteiger partial charge is 0.271 e. The topological polar surface area (TPSA) is 80.3 Å². The van der Waals surface area contributed by atoms with Crippen molar-refractivity contribution in [2.75, 3.05) is 0 Å². The zero-order chi connectivity index (χ0) is 15.9. The number of nitrogens with one attached hydrogen (secondary N) is 1. The molecule has 2 aliphatic carbocycles. The third-order valence-electron chi connectivity index (χ3n) is 3.40. The predicted octanol–water partition coefficient (Wildman–Crippen LogP) is 2.13. The van der Waals surface area contributed by atoms with Crippen molar-refractivity contribution in [1.29, 1.82) is 0 Å². The van der Waals surface area contributed by atoms with Gasteiger partial charge >= 0.3 is 0 Å². The average Bonchev–Trinajstić information content (AvgIpc) is 3.05. The van der Waals surface area contributed by atoms with Crippen LogP contribution in [0.1, 0.15) is 6.42 Å². The van der Waals surface area contributed by atoms with Crippen LogP contribution in [0, 0.1) is 5.92 Å². The molecule has 1 aromatic rings. The first-order valence-electron chi connectivity index (χ1n) is 6.33. The Labute approximate surface area is 136 Å². The highest BCUT2D eigenvalue weighted by atomic mass is 35.5. The number of fused-ring (bicyclic) bond motifs is 1. The first-order chi connectivity index (χ1) is 10.4. The van der Waals surface area contributed by atoms with Crippen LogP contribution in [0.2, 0.25) is 0 Å². The highest BCUT2D eigenvalue weighted by molar-refractivity contribution is 7.91. The van der Waals surface area contributed by atoms with Crippen molar-refractivity contribution in [3.05, 3.63) is 52.0 Å². The maximum absolute atomic E-state index is 12.5. The van der Waals surface area contributed by atoms with E-state index in [0.717, 1.165) is 11.3 Å². The molecule has 3 rings (SSSR count). The molecule has 1 atom stereocenters. The van der Waals surface area contributed by atoms with Gasteiger partial charge in [0.05, 0.1) is 5.92 Å². The molecular weight excluding hydrogens is 346 g/mol. The fourth-order valence-corrected chi connectivity index (χ4v) is 4.71. The Morgan fingerprint density at radius 2 is 2.09 bits per heavy atom. The molecule has 114 valence electrons. The summed E-state index contributed by atoms with van der Waals surface area (Å²) in [5.74, 6) is -1.68. The minimum atomic E-state index is -3.93. The van der Waals surface area contributed by atoms with Gasteiger partial charge in [-0.25, -0.2) is 8.42 Å². The molecule has 0 saturated heterocycles. The number of carbonyl (C=O) groups excluding carboxylic acids is 2. The van der Waals surface area contributed by atoms with Crippen molar-refractivity contribution in [3.63, 3.8) is 0 Å². The Bertz CT molecular complexity index is 847. The Balaban J connectivity index is 2.02. The normalized spacial score (nSPS) is 21.7. The number of hydrogen-bond acceptors (Lipinski definition) is 5. The van der Waals surface area contributed by atoms with E-state index in [1.165, 1.54) is 6.07 Å². The van der Waals surface area contributed by atoms with Crippen molar-refractivity contribution in [2.45, 2.75) is 10.6 Å². The molecule has 0 saturated carbocycles. The van der Waals surface area contributed by atoms with E-state index in [-0.39, 0.29) is 14.9 Å². The molecule has 0 aromatic carbocycles. The van der Waals surface area contributed by atoms with E-state index in [1.807, 2.05) is 0 Å². The first kappa shape index (κ1) is 15.2. The van der Waals surface area contributed by atoms with Gasteiger partial charge in [0.25, 0.3) is 10.0 Å². The van der Waals surface area contributed by atoms with Gasteiger partial charge in [-0.15, -0.1) is 11.3 Å². The molecule has 2 aliphatic rings. The molecule has 22 heavy (non-hydrogen) atoms. The predicted molar refractivity (Wildman–Crippen MR) is 82.9 cm³/mol. The lowest BCUT2D eigenvalue weighted by Crippen LogP contribution is -2.38. The molecule has 1 unspecified atom stereocenters. The lowest BCUT2D eigenvalue weighted by molar-refractivity contribution is -0.122. The molecule has 5 nitrogen and oxygen atoms in total. The summed E-state index contributed by atoms with van der Waals surface area (Å²) >= 11 is 6.95. The van der Waals surface area contributed by atoms with Gasteiger partial charge in [-0.05, 0) is 17.9 Å². The lowest BCUT2D eigenvalue weighted by Gasteiger charge is -2.26. The van der Waals surface area contributed by atoms with Crippen LogP contribution in [0.3, 0.4) is 0 Å². The molecule has 0 spiro atoms. The standard InChI is InChI=1S/C14H10ClNO4S2/c15-11-12(16-22(19,20)10-6-3-7-21-10)14(18)9-5-2-1-4-8(9)13(11)17/h1-4,6-7,9,16H,5H2. The Hall–Kier alpha value is -1.70. The van der Waals surface area contributed by atoms with Crippen LogP contribution in [0.25, 0.3) is 0 Å². The van der Waals surface area contributed by atoms with E-state index in [0.29, 0.717) is 12.0 Å². The molecule has 0 fully saturated rings. The van der Waals surface area contributed by atoms with Crippen LogP contribution in [-0.2, 0) is 19.6 Å². The summed E-state index contributed by atoms with van der Waals surface area (Å²) in [4.78, 5) is 24.7. The number of Topliss-reactive ketones (excluding diaryl/α,β-unsaturated/α-hetero) is 2. The lowest BCUT2D eigenvalue weighted by atomic mass is 9.80. The number of hydrogen-bond donors (Lipinski definition) is 1. The minimum Gasteiger partial charge on any atom is -0.292 e. The van der Waals surface area contributed by atoms with E-state index < -0.39 is 27.5 Å². The number of carbonyl (C=O) groups is 2. The average molecular weight is 356 g/mol. The van der Waals surface area contributed by atoms with Crippen LogP contribution in [0.5, 0.6) is 0 Å². The van der Waals surface area contributed by atoms with Crippen LogP contribution >= 0.6 is 22.9 Å². The minimum absolute atomic E-state index is 0.0506. The summed E-state index contributed by atoms with van der Waals surface area (Å²) in [5, 5.41) is 1.22. The number of sulfonamides is 1. The van der Waals surface area contributed by atoms with Crippen LogP contribution < -0.4 is 4.72 Å². The first-order valence-corrected chi connectivity index (χ1v) is 9.07. The van der Waals surface area contributed by atoms with Gasteiger partial charge in [0.15, 0.2) is 5.78 Å². The number of ketones is 2. The van der Waals surface area contributed by atoms with Crippen LogP contribution in [0.4, 0.5) is 0 Å². The molecule has 0 amide bonds. The van der Waals surface area contributed by atoms with Gasteiger partial charge in [0, 0.05) is 5.57 Å². The molecule has 1 heterocycles. The number of thiophene rings is 1. The fourth-order valence-electron chi connectivity index (χ4n) is 2.33. The zero-order valence-corrected chi connectivity index (χ0v) is 13.5.